The fourth-order valence-electron chi connectivity index (χ4n) is 2.73. The van der Waals surface area contributed by atoms with E-state index in [0.29, 0.717) is 30.0 Å². The molecule has 0 aromatic heterocycles. The molecule has 0 radical (unpaired) electrons. The zero-order valence-corrected chi connectivity index (χ0v) is 12.6. The van der Waals surface area contributed by atoms with Gasteiger partial charge in [0.15, 0.2) is 11.5 Å². The minimum absolute atomic E-state index is 0.540. The lowest BCUT2D eigenvalue weighted by molar-refractivity contribution is 0.165. The maximum atomic E-state index is 6.34. The highest BCUT2D eigenvalue weighted by molar-refractivity contribution is 6.32. The SMILES string of the molecule is C[C@H]1CNCCN1Cc1cc(Cl)c2c(c1)OCCCO2. The molecule has 1 aromatic carbocycles. The van der Waals surface area contributed by atoms with Gasteiger partial charge in [0, 0.05) is 38.6 Å². The molecular formula is C15H21ClN2O2. The lowest BCUT2D eigenvalue weighted by atomic mass is 10.1. The van der Waals surface area contributed by atoms with Crippen LogP contribution in [0.25, 0.3) is 0 Å². The maximum absolute atomic E-state index is 6.34. The highest BCUT2D eigenvalue weighted by atomic mass is 35.5. The molecule has 0 saturated carbocycles. The van der Waals surface area contributed by atoms with E-state index in [0.717, 1.165) is 38.3 Å². The van der Waals surface area contributed by atoms with Crippen molar-refractivity contribution in [3.63, 3.8) is 0 Å². The van der Waals surface area contributed by atoms with Crippen molar-refractivity contribution in [2.45, 2.75) is 25.9 Å². The second-order valence-corrected chi connectivity index (χ2v) is 5.89. The molecule has 1 fully saturated rings. The molecule has 0 aliphatic carbocycles. The molecule has 0 bridgehead atoms. The Balaban J connectivity index is 1.80. The van der Waals surface area contributed by atoms with Gasteiger partial charge in [0.25, 0.3) is 0 Å². The Kier molecular flexibility index (Phi) is 4.34. The van der Waals surface area contributed by atoms with Gasteiger partial charge in [-0.2, -0.15) is 0 Å². The van der Waals surface area contributed by atoms with Crippen molar-refractivity contribution in [2.75, 3.05) is 32.8 Å². The Morgan fingerprint density at radius 3 is 3.05 bits per heavy atom. The number of benzene rings is 1. The van der Waals surface area contributed by atoms with Gasteiger partial charge in [0.1, 0.15) is 0 Å². The first-order valence-electron chi connectivity index (χ1n) is 7.27. The van der Waals surface area contributed by atoms with Gasteiger partial charge in [-0.25, -0.2) is 0 Å². The van der Waals surface area contributed by atoms with Gasteiger partial charge in [-0.1, -0.05) is 11.6 Å². The molecule has 0 amide bonds. The quantitative estimate of drug-likeness (QED) is 0.908. The predicted octanol–water partition coefficient (Wildman–Crippen LogP) is 2.29. The Bertz CT molecular complexity index is 481. The van der Waals surface area contributed by atoms with Crippen LogP contribution in [0.4, 0.5) is 0 Å². The van der Waals surface area contributed by atoms with E-state index in [2.05, 4.69) is 23.2 Å². The third-order valence-corrected chi connectivity index (χ3v) is 4.17. The molecule has 20 heavy (non-hydrogen) atoms. The molecule has 1 N–H and O–H groups in total. The molecule has 4 nitrogen and oxygen atoms in total. The smallest absolute Gasteiger partial charge is 0.179 e. The van der Waals surface area contributed by atoms with Gasteiger partial charge in [-0.15, -0.1) is 0 Å². The number of nitrogens with zero attached hydrogens (tertiary/aromatic N) is 1. The van der Waals surface area contributed by atoms with Crippen molar-refractivity contribution < 1.29 is 9.47 Å². The van der Waals surface area contributed by atoms with E-state index in [-0.39, 0.29) is 0 Å². The first-order chi connectivity index (χ1) is 9.74. The Labute approximate surface area is 125 Å². The second-order valence-electron chi connectivity index (χ2n) is 5.48. The van der Waals surface area contributed by atoms with Crippen LogP contribution in [0, 0.1) is 0 Å². The largest absolute Gasteiger partial charge is 0.489 e. The topological polar surface area (TPSA) is 33.7 Å². The van der Waals surface area contributed by atoms with E-state index in [1.54, 1.807) is 0 Å². The summed E-state index contributed by atoms with van der Waals surface area (Å²) in [6.45, 7) is 7.65. The third kappa shape index (κ3) is 3.03. The normalized spacial score (nSPS) is 23.4. The average Bonchev–Trinajstić information content (AvgIpc) is 2.67. The van der Waals surface area contributed by atoms with Crippen LogP contribution >= 0.6 is 11.6 Å². The molecular weight excluding hydrogens is 276 g/mol. The van der Waals surface area contributed by atoms with Crippen molar-refractivity contribution in [3.05, 3.63) is 22.7 Å². The Hall–Kier alpha value is -0.970. The summed E-state index contributed by atoms with van der Waals surface area (Å²) in [5, 5.41) is 4.06. The van der Waals surface area contributed by atoms with Crippen molar-refractivity contribution in [2.24, 2.45) is 0 Å². The number of fused-ring (bicyclic) bond motifs is 1. The zero-order valence-electron chi connectivity index (χ0n) is 11.8. The first-order valence-corrected chi connectivity index (χ1v) is 7.64. The number of piperazine rings is 1. The summed E-state index contributed by atoms with van der Waals surface area (Å²) in [5.41, 5.74) is 1.19. The van der Waals surface area contributed by atoms with Crippen molar-refractivity contribution in [3.8, 4) is 11.5 Å². The summed E-state index contributed by atoms with van der Waals surface area (Å²) < 4.78 is 11.4. The Morgan fingerprint density at radius 1 is 1.35 bits per heavy atom. The molecule has 110 valence electrons. The monoisotopic (exact) mass is 296 g/mol. The van der Waals surface area contributed by atoms with E-state index >= 15 is 0 Å². The zero-order chi connectivity index (χ0) is 13.9. The summed E-state index contributed by atoms with van der Waals surface area (Å²) in [6.07, 6.45) is 0.898. The standard InChI is InChI=1S/C15H21ClN2O2/c1-11-9-17-3-4-18(11)10-12-7-13(16)15-14(8-12)19-5-2-6-20-15/h7-8,11,17H,2-6,9-10H2,1H3/t11-/m0/s1. The number of halogens is 1. The van der Waals surface area contributed by atoms with Crippen molar-refractivity contribution in [1.29, 1.82) is 0 Å². The average molecular weight is 297 g/mol. The van der Waals surface area contributed by atoms with Gasteiger partial charge < -0.3 is 14.8 Å². The van der Waals surface area contributed by atoms with Crippen LogP contribution in [0.1, 0.15) is 18.9 Å². The summed E-state index contributed by atoms with van der Waals surface area (Å²) in [4.78, 5) is 2.46. The van der Waals surface area contributed by atoms with Gasteiger partial charge in [-0.3, -0.25) is 4.90 Å². The maximum Gasteiger partial charge on any atom is 0.179 e. The third-order valence-electron chi connectivity index (χ3n) is 3.89. The molecule has 5 heteroatoms. The van der Waals surface area contributed by atoms with E-state index < -0.39 is 0 Å². The highest BCUT2D eigenvalue weighted by Gasteiger charge is 2.20. The van der Waals surface area contributed by atoms with Crippen LogP contribution in [0.3, 0.4) is 0 Å². The Morgan fingerprint density at radius 2 is 2.20 bits per heavy atom. The molecule has 2 aliphatic heterocycles. The lowest BCUT2D eigenvalue weighted by Gasteiger charge is -2.34. The summed E-state index contributed by atoms with van der Waals surface area (Å²) in [5.74, 6) is 1.48. The molecule has 1 aromatic rings. The van der Waals surface area contributed by atoms with E-state index in [9.17, 15) is 0 Å². The number of rotatable bonds is 2. The highest BCUT2D eigenvalue weighted by Crippen LogP contribution is 2.38. The lowest BCUT2D eigenvalue weighted by Crippen LogP contribution is -2.49. The fourth-order valence-corrected chi connectivity index (χ4v) is 3.02. The molecule has 2 aliphatic rings. The molecule has 1 atom stereocenters. The van der Waals surface area contributed by atoms with E-state index in [4.69, 9.17) is 21.1 Å². The predicted molar refractivity (Wildman–Crippen MR) is 79.8 cm³/mol. The number of nitrogens with one attached hydrogen (secondary N) is 1. The molecule has 0 unspecified atom stereocenters. The van der Waals surface area contributed by atoms with Crippen LogP contribution in [-0.4, -0.2) is 43.8 Å². The van der Waals surface area contributed by atoms with Gasteiger partial charge in [0.2, 0.25) is 0 Å². The number of ether oxygens (including phenoxy) is 2. The van der Waals surface area contributed by atoms with Crippen LogP contribution in [-0.2, 0) is 6.54 Å². The van der Waals surface area contributed by atoms with Gasteiger partial charge >= 0.3 is 0 Å². The molecule has 1 saturated heterocycles. The van der Waals surface area contributed by atoms with E-state index in [1.807, 2.05) is 6.07 Å². The second kappa shape index (κ2) is 6.20. The van der Waals surface area contributed by atoms with Gasteiger partial charge in [0.05, 0.1) is 18.2 Å². The van der Waals surface area contributed by atoms with Crippen molar-refractivity contribution in [1.82, 2.24) is 10.2 Å². The first kappa shape index (κ1) is 14.0. The number of hydrogen-bond acceptors (Lipinski definition) is 4. The molecule has 0 spiro atoms. The molecule has 3 rings (SSSR count). The number of hydrogen-bond donors (Lipinski definition) is 1. The van der Waals surface area contributed by atoms with Crippen LogP contribution in [0.2, 0.25) is 5.02 Å². The summed E-state index contributed by atoms with van der Waals surface area (Å²) >= 11 is 6.34. The summed E-state index contributed by atoms with van der Waals surface area (Å²) in [6, 6.07) is 4.61. The summed E-state index contributed by atoms with van der Waals surface area (Å²) in [7, 11) is 0. The van der Waals surface area contributed by atoms with Crippen LogP contribution in [0.15, 0.2) is 12.1 Å². The van der Waals surface area contributed by atoms with E-state index in [1.165, 1.54) is 5.56 Å². The minimum Gasteiger partial charge on any atom is -0.489 e. The van der Waals surface area contributed by atoms with Crippen LogP contribution < -0.4 is 14.8 Å². The van der Waals surface area contributed by atoms with Gasteiger partial charge in [-0.05, 0) is 24.6 Å². The van der Waals surface area contributed by atoms with Crippen molar-refractivity contribution >= 4 is 11.6 Å². The van der Waals surface area contributed by atoms with Crippen LogP contribution in [0.5, 0.6) is 11.5 Å². The molecule has 2 heterocycles. The fraction of sp³-hybridized carbons (Fsp3) is 0.600. The minimum atomic E-state index is 0.540.